The van der Waals surface area contributed by atoms with Crippen molar-refractivity contribution in [2.75, 3.05) is 13.2 Å². The standard InChI is InChI=1S/C11H11Br2NO5/c1-3-18-10(16)5-6(11(17)19-4-2)8(12)14-9(13)7(5)15/h15H,3-4H2,1-2H3. The third-order valence-corrected chi connectivity index (χ3v) is 3.17. The molecule has 1 heterocycles. The van der Waals surface area contributed by atoms with Gasteiger partial charge in [-0.25, -0.2) is 14.6 Å². The number of esters is 2. The molecule has 0 saturated carbocycles. The van der Waals surface area contributed by atoms with E-state index in [1.54, 1.807) is 13.8 Å². The molecule has 1 N–H and O–H groups in total. The average molecular weight is 397 g/mol. The van der Waals surface area contributed by atoms with Crippen molar-refractivity contribution in [2.45, 2.75) is 13.8 Å². The Morgan fingerprint density at radius 2 is 1.53 bits per heavy atom. The maximum atomic E-state index is 11.8. The van der Waals surface area contributed by atoms with Crippen LogP contribution in [0, 0.1) is 0 Å². The van der Waals surface area contributed by atoms with Gasteiger partial charge in [-0.1, -0.05) is 0 Å². The van der Waals surface area contributed by atoms with Crippen molar-refractivity contribution < 1.29 is 24.2 Å². The monoisotopic (exact) mass is 395 g/mol. The molecule has 0 saturated heterocycles. The van der Waals surface area contributed by atoms with E-state index in [0.29, 0.717) is 0 Å². The number of ether oxygens (including phenoxy) is 2. The first kappa shape index (κ1) is 15.9. The summed E-state index contributed by atoms with van der Waals surface area (Å²) in [7, 11) is 0. The number of carbonyl (C=O) groups is 2. The van der Waals surface area contributed by atoms with Crippen molar-refractivity contribution in [3.63, 3.8) is 0 Å². The zero-order chi connectivity index (χ0) is 14.6. The van der Waals surface area contributed by atoms with Gasteiger partial charge in [-0.3, -0.25) is 0 Å². The summed E-state index contributed by atoms with van der Waals surface area (Å²) in [5.74, 6) is -2.07. The van der Waals surface area contributed by atoms with E-state index in [4.69, 9.17) is 9.47 Å². The summed E-state index contributed by atoms with van der Waals surface area (Å²) in [6.07, 6.45) is 0. The normalized spacial score (nSPS) is 10.1. The molecule has 0 aliphatic carbocycles. The molecule has 0 aliphatic rings. The van der Waals surface area contributed by atoms with E-state index in [0.717, 1.165) is 0 Å². The number of halogens is 2. The Balaban J connectivity index is 3.46. The highest BCUT2D eigenvalue weighted by molar-refractivity contribution is 9.11. The SMILES string of the molecule is CCOC(=O)c1c(Br)nc(Br)c(O)c1C(=O)OCC. The number of aromatic nitrogens is 1. The Bertz CT molecular complexity index is 518. The minimum atomic E-state index is -0.827. The van der Waals surface area contributed by atoms with Crippen LogP contribution in [0.5, 0.6) is 5.75 Å². The largest absolute Gasteiger partial charge is 0.504 e. The number of carbonyl (C=O) groups excluding carboxylic acids is 2. The summed E-state index contributed by atoms with van der Waals surface area (Å²) in [5, 5.41) is 9.88. The van der Waals surface area contributed by atoms with Gasteiger partial charge in [-0.2, -0.15) is 0 Å². The van der Waals surface area contributed by atoms with Crippen molar-refractivity contribution in [1.29, 1.82) is 0 Å². The van der Waals surface area contributed by atoms with Crippen LogP contribution in [0.1, 0.15) is 34.6 Å². The van der Waals surface area contributed by atoms with Gasteiger partial charge in [0.2, 0.25) is 0 Å². The smallest absolute Gasteiger partial charge is 0.343 e. The number of hydrogen-bond acceptors (Lipinski definition) is 6. The average Bonchev–Trinajstić information content (AvgIpc) is 2.33. The lowest BCUT2D eigenvalue weighted by Crippen LogP contribution is -2.16. The second kappa shape index (κ2) is 6.85. The molecule has 0 radical (unpaired) electrons. The van der Waals surface area contributed by atoms with E-state index in [-0.39, 0.29) is 33.5 Å². The Kier molecular flexibility index (Phi) is 5.74. The van der Waals surface area contributed by atoms with Gasteiger partial charge in [0.15, 0.2) is 5.75 Å². The van der Waals surface area contributed by atoms with Crippen LogP contribution in [0.2, 0.25) is 0 Å². The molecule has 1 rings (SSSR count). The number of nitrogens with zero attached hydrogens (tertiary/aromatic N) is 1. The fourth-order valence-corrected chi connectivity index (χ4v) is 2.46. The number of hydrogen-bond donors (Lipinski definition) is 1. The van der Waals surface area contributed by atoms with Crippen LogP contribution in [0.3, 0.4) is 0 Å². The third-order valence-electron chi connectivity index (χ3n) is 2.04. The Labute approximate surface area is 126 Å². The number of pyridine rings is 1. The van der Waals surface area contributed by atoms with E-state index < -0.39 is 17.7 Å². The van der Waals surface area contributed by atoms with Gasteiger partial charge in [0.1, 0.15) is 20.3 Å². The zero-order valence-electron chi connectivity index (χ0n) is 10.2. The van der Waals surface area contributed by atoms with Gasteiger partial charge in [0.05, 0.1) is 13.2 Å². The molecule has 19 heavy (non-hydrogen) atoms. The fraction of sp³-hybridized carbons (Fsp3) is 0.364. The van der Waals surface area contributed by atoms with Crippen LogP contribution >= 0.6 is 31.9 Å². The molecule has 8 heteroatoms. The molecule has 0 aliphatic heterocycles. The van der Waals surface area contributed by atoms with Crippen molar-refractivity contribution in [3.05, 3.63) is 20.3 Å². The van der Waals surface area contributed by atoms with Gasteiger partial charge in [0, 0.05) is 0 Å². The van der Waals surface area contributed by atoms with E-state index in [2.05, 4.69) is 36.8 Å². The zero-order valence-corrected chi connectivity index (χ0v) is 13.4. The molecular weight excluding hydrogens is 386 g/mol. The van der Waals surface area contributed by atoms with Crippen LogP contribution in [0.4, 0.5) is 0 Å². The second-order valence-electron chi connectivity index (χ2n) is 3.23. The van der Waals surface area contributed by atoms with Crippen LogP contribution < -0.4 is 0 Å². The summed E-state index contributed by atoms with van der Waals surface area (Å²) in [5.41, 5.74) is -0.449. The van der Waals surface area contributed by atoms with Crippen molar-refractivity contribution in [1.82, 2.24) is 4.98 Å². The number of aromatic hydroxyl groups is 1. The molecule has 0 aromatic carbocycles. The van der Waals surface area contributed by atoms with Gasteiger partial charge in [-0.15, -0.1) is 0 Å². The molecule has 6 nitrogen and oxygen atoms in total. The Hall–Kier alpha value is -1.15. The van der Waals surface area contributed by atoms with Gasteiger partial charge < -0.3 is 14.6 Å². The van der Waals surface area contributed by atoms with Crippen LogP contribution in [0.15, 0.2) is 9.21 Å². The predicted octanol–water partition coefficient (Wildman–Crippen LogP) is 2.67. The Morgan fingerprint density at radius 3 is 2.00 bits per heavy atom. The highest BCUT2D eigenvalue weighted by Crippen LogP contribution is 2.34. The first-order valence-electron chi connectivity index (χ1n) is 5.36. The lowest BCUT2D eigenvalue weighted by molar-refractivity contribution is 0.0474. The third kappa shape index (κ3) is 3.44. The molecule has 0 atom stereocenters. The van der Waals surface area contributed by atoms with Crippen molar-refractivity contribution in [3.8, 4) is 5.75 Å². The van der Waals surface area contributed by atoms with Crippen molar-refractivity contribution in [2.24, 2.45) is 0 Å². The lowest BCUT2D eigenvalue weighted by atomic mass is 10.1. The van der Waals surface area contributed by atoms with Gasteiger partial charge in [-0.05, 0) is 45.7 Å². The molecule has 1 aromatic rings. The Morgan fingerprint density at radius 1 is 1.05 bits per heavy atom. The van der Waals surface area contributed by atoms with E-state index in [9.17, 15) is 14.7 Å². The fourth-order valence-electron chi connectivity index (χ4n) is 1.31. The molecule has 104 valence electrons. The molecule has 0 spiro atoms. The first-order valence-corrected chi connectivity index (χ1v) is 6.94. The van der Waals surface area contributed by atoms with Crippen molar-refractivity contribution >= 4 is 43.8 Å². The predicted molar refractivity (Wildman–Crippen MR) is 73.2 cm³/mol. The summed E-state index contributed by atoms with van der Waals surface area (Å²) >= 11 is 6.05. The molecule has 0 amide bonds. The summed E-state index contributed by atoms with van der Waals surface area (Å²) < 4.78 is 9.75. The maximum Gasteiger partial charge on any atom is 0.343 e. The lowest BCUT2D eigenvalue weighted by Gasteiger charge is -2.12. The molecule has 1 aromatic heterocycles. The maximum absolute atomic E-state index is 11.8. The first-order chi connectivity index (χ1) is 8.93. The molecule has 0 unspecified atom stereocenters. The number of rotatable bonds is 4. The van der Waals surface area contributed by atoms with Crippen LogP contribution in [-0.2, 0) is 9.47 Å². The summed E-state index contributed by atoms with van der Waals surface area (Å²) in [6.45, 7) is 3.48. The minimum Gasteiger partial charge on any atom is -0.504 e. The van der Waals surface area contributed by atoms with Gasteiger partial charge >= 0.3 is 11.9 Å². The topological polar surface area (TPSA) is 85.7 Å². The molecule has 0 fully saturated rings. The highest BCUT2D eigenvalue weighted by atomic mass is 79.9. The minimum absolute atomic E-state index is 0.0236. The second-order valence-corrected chi connectivity index (χ2v) is 4.74. The van der Waals surface area contributed by atoms with Crippen LogP contribution in [-0.4, -0.2) is 35.2 Å². The van der Waals surface area contributed by atoms with E-state index in [1.807, 2.05) is 0 Å². The summed E-state index contributed by atoms with van der Waals surface area (Å²) in [4.78, 5) is 27.5. The quantitative estimate of drug-likeness (QED) is 0.622. The van der Waals surface area contributed by atoms with E-state index in [1.165, 1.54) is 0 Å². The molecule has 0 bridgehead atoms. The van der Waals surface area contributed by atoms with E-state index >= 15 is 0 Å². The van der Waals surface area contributed by atoms with Gasteiger partial charge in [0.25, 0.3) is 0 Å². The molecular formula is C11H11Br2NO5. The van der Waals surface area contributed by atoms with Crippen LogP contribution in [0.25, 0.3) is 0 Å². The summed E-state index contributed by atoms with van der Waals surface area (Å²) in [6, 6.07) is 0. The highest BCUT2D eigenvalue weighted by Gasteiger charge is 2.29.